The molecule has 0 spiro atoms. The maximum absolute atomic E-state index is 12.2. The predicted octanol–water partition coefficient (Wildman–Crippen LogP) is 3.33. The number of rotatable bonds is 4. The molecule has 3 rings (SSSR count). The molecule has 1 saturated heterocycles. The Morgan fingerprint density at radius 2 is 2.18 bits per heavy atom. The summed E-state index contributed by atoms with van der Waals surface area (Å²) in [5.41, 5.74) is 0.791. The van der Waals surface area contributed by atoms with Gasteiger partial charge in [0.1, 0.15) is 5.76 Å². The van der Waals surface area contributed by atoms with Crippen LogP contribution >= 0.6 is 11.6 Å². The van der Waals surface area contributed by atoms with E-state index in [1.807, 2.05) is 18.2 Å². The number of piperidine rings is 1. The average molecular weight is 319 g/mol. The molecule has 0 aliphatic carbocycles. The number of hydrogen-bond donors (Lipinski definition) is 2. The first-order valence-electron chi connectivity index (χ1n) is 7.57. The number of benzene rings is 1. The van der Waals surface area contributed by atoms with Crippen LogP contribution in [0.3, 0.4) is 0 Å². The molecule has 1 aliphatic rings. The van der Waals surface area contributed by atoms with Gasteiger partial charge in [-0.25, -0.2) is 0 Å². The van der Waals surface area contributed by atoms with Gasteiger partial charge in [0.15, 0.2) is 5.76 Å². The standard InChI is InChI=1S/C17H19ClN2O2/c18-14-6-2-1-5-13(14)15-7-8-16(22-15)17(21)20-11-12-4-3-9-19-10-12/h1-2,5-8,12,19H,3-4,9-11H2,(H,20,21). The molecule has 1 unspecified atom stereocenters. The lowest BCUT2D eigenvalue weighted by molar-refractivity contribution is 0.0918. The first-order valence-corrected chi connectivity index (χ1v) is 7.95. The second kappa shape index (κ2) is 6.99. The van der Waals surface area contributed by atoms with Crippen LogP contribution < -0.4 is 10.6 Å². The van der Waals surface area contributed by atoms with Crippen molar-refractivity contribution in [3.05, 3.63) is 47.2 Å². The fourth-order valence-electron chi connectivity index (χ4n) is 2.69. The largest absolute Gasteiger partial charge is 0.451 e. The van der Waals surface area contributed by atoms with Gasteiger partial charge in [0, 0.05) is 12.1 Å². The van der Waals surface area contributed by atoms with Crippen LogP contribution in [0.4, 0.5) is 0 Å². The van der Waals surface area contributed by atoms with E-state index in [0.29, 0.717) is 29.0 Å². The zero-order valence-electron chi connectivity index (χ0n) is 12.3. The lowest BCUT2D eigenvalue weighted by Crippen LogP contribution is -2.38. The van der Waals surface area contributed by atoms with E-state index >= 15 is 0 Å². The minimum absolute atomic E-state index is 0.177. The summed E-state index contributed by atoms with van der Waals surface area (Å²) in [6.45, 7) is 2.71. The van der Waals surface area contributed by atoms with E-state index in [-0.39, 0.29) is 5.91 Å². The van der Waals surface area contributed by atoms with Crippen molar-refractivity contribution in [3.63, 3.8) is 0 Å². The second-order valence-corrected chi connectivity index (χ2v) is 5.97. The summed E-state index contributed by atoms with van der Waals surface area (Å²) in [4.78, 5) is 12.2. The summed E-state index contributed by atoms with van der Waals surface area (Å²) in [5, 5.41) is 6.89. The monoisotopic (exact) mass is 318 g/mol. The molecule has 0 saturated carbocycles. The molecule has 2 N–H and O–H groups in total. The lowest BCUT2D eigenvalue weighted by Gasteiger charge is -2.22. The fraction of sp³-hybridized carbons (Fsp3) is 0.353. The van der Waals surface area contributed by atoms with Gasteiger partial charge in [0.25, 0.3) is 5.91 Å². The van der Waals surface area contributed by atoms with E-state index in [0.717, 1.165) is 31.5 Å². The van der Waals surface area contributed by atoms with Gasteiger partial charge in [-0.15, -0.1) is 0 Å². The smallest absolute Gasteiger partial charge is 0.287 e. The molecule has 1 fully saturated rings. The van der Waals surface area contributed by atoms with Gasteiger partial charge in [0.05, 0.1) is 5.02 Å². The molecule has 1 aromatic heterocycles. The van der Waals surface area contributed by atoms with Gasteiger partial charge in [0.2, 0.25) is 0 Å². The van der Waals surface area contributed by atoms with E-state index in [9.17, 15) is 4.79 Å². The molecule has 2 heterocycles. The first-order chi connectivity index (χ1) is 10.7. The Kier molecular flexibility index (Phi) is 4.80. The number of carbonyl (C=O) groups is 1. The SMILES string of the molecule is O=C(NCC1CCCNC1)c1ccc(-c2ccccc2Cl)o1. The minimum Gasteiger partial charge on any atom is -0.451 e. The van der Waals surface area contributed by atoms with Gasteiger partial charge in [-0.2, -0.15) is 0 Å². The Hall–Kier alpha value is -1.78. The third-order valence-corrected chi connectivity index (χ3v) is 4.25. The van der Waals surface area contributed by atoms with Gasteiger partial charge >= 0.3 is 0 Å². The van der Waals surface area contributed by atoms with E-state index < -0.39 is 0 Å². The molecule has 0 bridgehead atoms. The van der Waals surface area contributed by atoms with Crippen molar-refractivity contribution in [2.45, 2.75) is 12.8 Å². The van der Waals surface area contributed by atoms with Crippen LogP contribution in [0.15, 0.2) is 40.8 Å². The minimum atomic E-state index is -0.177. The molecule has 116 valence electrons. The fourth-order valence-corrected chi connectivity index (χ4v) is 2.92. The Morgan fingerprint density at radius 1 is 1.32 bits per heavy atom. The number of furan rings is 1. The van der Waals surface area contributed by atoms with E-state index in [4.69, 9.17) is 16.0 Å². The van der Waals surface area contributed by atoms with Crippen LogP contribution in [0, 0.1) is 5.92 Å². The lowest BCUT2D eigenvalue weighted by atomic mass is 10.00. The normalized spacial score (nSPS) is 18.1. The van der Waals surface area contributed by atoms with E-state index in [1.165, 1.54) is 0 Å². The summed E-state index contributed by atoms with van der Waals surface area (Å²) in [6, 6.07) is 10.9. The van der Waals surface area contributed by atoms with Crippen molar-refractivity contribution in [2.75, 3.05) is 19.6 Å². The summed E-state index contributed by atoms with van der Waals surface area (Å²) in [6.07, 6.45) is 2.31. The highest BCUT2D eigenvalue weighted by atomic mass is 35.5. The first kappa shape index (κ1) is 15.1. The Morgan fingerprint density at radius 3 is 2.95 bits per heavy atom. The zero-order valence-corrected chi connectivity index (χ0v) is 13.0. The number of halogens is 1. The molecule has 1 aromatic carbocycles. The quantitative estimate of drug-likeness (QED) is 0.909. The van der Waals surface area contributed by atoms with Crippen molar-refractivity contribution in [3.8, 4) is 11.3 Å². The highest BCUT2D eigenvalue weighted by molar-refractivity contribution is 6.33. The van der Waals surface area contributed by atoms with Crippen LogP contribution in [-0.4, -0.2) is 25.5 Å². The molecular formula is C17H19ClN2O2. The summed E-state index contributed by atoms with van der Waals surface area (Å²) in [5.74, 6) is 1.24. The van der Waals surface area contributed by atoms with Gasteiger partial charge in [-0.1, -0.05) is 23.7 Å². The van der Waals surface area contributed by atoms with Crippen molar-refractivity contribution in [1.29, 1.82) is 0 Å². The topological polar surface area (TPSA) is 54.3 Å². The molecule has 5 heteroatoms. The third-order valence-electron chi connectivity index (χ3n) is 3.92. The van der Waals surface area contributed by atoms with Crippen molar-refractivity contribution < 1.29 is 9.21 Å². The highest BCUT2D eigenvalue weighted by Crippen LogP contribution is 2.29. The van der Waals surface area contributed by atoms with Crippen LogP contribution in [0.25, 0.3) is 11.3 Å². The number of carbonyl (C=O) groups excluding carboxylic acids is 1. The summed E-state index contributed by atoms with van der Waals surface area (Å²) < 4.78 is 5.64. The number of hydrogen-bond acceptors (Lipinski definition) is 3. The number of nitrogens with one attached hydrogen (secondary N) is 2. The molecule has 4 nitrogen and oxygen atoms in total. The van der Waals surface area contributed by atoms with Gasteiger partial charge in [-0.3, -0.25) is 4.79 Å². The second-order valence-electron chi connectivity index (χ2n) is 5.57. The summed E-state index contributed by atoms with van der Waals surface area (Å²) >= 11 is 6.14. The molecule has 1 atom stereocenters. The molecule has 2 aromatic rings. The Balaban J connectivity index is 1.63. The van der Waals surface area contributed by atoms with Crippen molar-refractivity contribution in [1.82, 2.24) is 10.6 Å². The average Bonchev–Trinajstić information content (AvgIpc) is 3.04. The number of amides is 1. The van der Waals surface area contributed by atoms with Crippen LogP contribution in [0.2, 0.25) is 5.02 Å². The maximum Gasteiger partial charge on any atom is 0.287 e. The van der Waals surface area contributed by atoms with Crippen molar-refractivity contribution in [2.24, 2.45) is 5.92 Å². The van der Waals surface area contributed by atoms with Crippen molar-refractivity contribution >= 4 is 17.5 Å². The van der Waals surface area contributed by atoms with Crippen LogP contribution in [0.1, 0.15) is 23.4 Å². The Bertz CT molecular complexity index is 648. The van der Waals surface area contributed by atoms with Gasteiger partial charge in [-0.05, 0) is 56.1 Å². The maximum atomic E-state index is 12.2. The molecule has 22 heavy (non-hydrogen) atoms. The van der Waals surface area contributed by atoms with E-state index in [1.54, 1.807) is 18.2 Å². The van der Waals surface area contributed by atoms with Crippen LogP contribution in [0.5, 0.6) is 0 Å². The molecular weight excluding hydrogens is 300 g/mol. The van der Waals surface area contributed by atoms with E-state index in [2.05, 4.69) is 10.6 Å². The van der Waals surface area contributed by atoms with Gasteiger partial charge < -0.3 is 15.1 Å². The summed E-state index contributed by atoms with van der Waals surface area (Å²) in [7, 11) is 0. The van der Waals surface area contributed by atoms with Crippen LogP contribution in [-0.2, 0) is 0 Å². The third kappa shape index (κ3) is 3.51. The molecule has 1 amide bonds. The molecule has 0 radical (unpaired) electrons. The highest BCUT2D eigenvalue weighted by Gasteiger charge is 2.17. The predicted molar refractivity (Wildman–Crippen MR) is 87.1 cm³/mol. The Labute approximate surface area is 134 Å². The molecule has 1 aliphatic heterocycles. The zero-order chi connectivity index (χ0) is 15.4.